The van der Waals surface area contributed by atoms with E-state index in [9.17, 15) is 4.79 Å². The van der Waals surface area contributed by atoms with E-state index in [4.69, 9.17) is 21.1 Å². The molecular weight excluding hydrogens is 384 g/mol. The summed E-state index contributed by atoms with van der Waals surface area (Å²) < 4.78 is 11.5. The predicted molar refractivity (Wildman–Crippen MR) is 111 cm³/mol. The molecule has 5 nitrogen and oxygen atoms in total. The first-order chi connectivity index (χ1) is 13.0. The van der Waals surface area contributed by atoms with Gasteiger partial charge in [0.25, 0.3) is 5.91 Å². The summed E-state index contributed by atoms with van der Waals surface area (Å²) in [6.45, 7) is 8.83. The van der Waals surface area contributed by atoms with E-state index in [1.54, 1.807) is 24.3 Å². The summed E-state index contributed by atoms with van der Waals surface area (Å²) >= 11 is 7.89. The minimum absolute atomic E-state index is 0.0539. The molecule has 0 spiro atoms. The van der Waals surface area contributed by atoms with Crippen molar-refractivity contribution < 1.29 is 14.3 Å². The standard InChI is InChI=1S/C20H29ClN2O3S/c1-20(2,26-18-6-4-16(21)5-7-18)19(24)23-8-3-13-27-15-17(23)14-22-9-11-25-12-10-22/h4-7,17H,3,8-15H2,1-2H3. The van der Waals surface area contributed by atoms with Gasteiger partial charge in [-0.15, -0.1) is 0 Å². The van der Waals surface area contributed by atoms with Crippen LogP contribution in [0.2, 0.25) is 5.02 Å². The van der Waals surface area contributed by atoms with Gasteiger partial charge < -0.3 is 14.4 Å². The zero-order valence-electron chi connectivity index (χ0n) is 16.2. The van der Waals surface area contributed by atoms with Gasteiger partial charge in [-0.05, 0) is 50.3 Å². The van der Waals surface area contributed by atoms with Crippen LogP contribution >= 0.6 is 23.4 Å². The number of ether oxygens (including phenoxy) is 2. The number of morpholine rings is 1. The number of carbonyl (C=O) groups is 1. The van der Waals surface area contributed by atoms with Crippen molar-refractivity contribution in [1.29, 1.82) is 0 Å². The molecule has 0 radical (unpaired) electrons. The minimum atomic E-state index is -0.925. The average Bonchev–Trinajstić information content (AvgIpc) is 2.89. The van der Waals surface area contributed by atoms with E-state index in [2.05, 4.69) is 4.90 Å². The fraction of sp³-hybridized carbons (Fsp3) is 0.650. The largest absolute Gasteiger partial charge is 0.478 e. The zero-order chi connectivity index (χ0) is 19.3. The number of amides is 1. The predicted octanol–water partition coefficient (Wildman–Crippen LogP) is 3.16. The first-order valence-electron chi connectivity index (χ1n) is 9.59. The van der Waals surface area contributed by atoms with Gasteiger partial charge in [-0.2, -0.15) is 11.8 Å². The van der Waals surface area contributed by atoms with E-state index >= 15 is 0 Å². The van der Waals surface area contributed by atoms with Gasteiger partial charge in [-0.3, -0.25) is 9.69 Å². The highest BCUT2D eigenvalue weighted by Gasteiger charge is 2.38. The maximum Gasteiger partial charge on any atom is 0.266 e. The quantitative estimate of drug-likeness (QED) is 0.743. The fourth-order valence-corrected chi connectivity index (χ4v) is 4.70. The number of benzene rings is 1. The topological polar surface area (TPSA) is 42.0 Å². The first kappa shape index (κ1) is 20.8. The Bertz CT molecular complexity index is 620. The average molecular weight is 413 g/mol. The number of hydrogen-bond acceptors (Lipinski definition) is 5. The van der Waals surface area contributed by atoms with Crippen molar-refractivity contribution in [3.8, 4) is 5.75 Å². The third-order valence-electron chi connectivity index (χ3n) is 4.97. The maximum absolute atomic E-state index is 13.4. The smallest absolute Gasteiger partial charge is 0.266 e. The summed E-state index contributed by atoms with van der Waals surface area (Å²) in [4.78, 5) is 17.9. The monoisotopic (exact) mass is 412 g/mol. The van der Waals surface area contributed by atoms with Gasteiger partial charge in [0.2, 0.25) is 0 Å². The molecule has 7 heteroatoms. The van der Waals surface area contributed by atoms with Crippen LogP contribution < -0.4 is 4.74 Å². The van der Waals surface area contributed by atoms with Gasteiger partial charge in [-0.1, -0.05) is 11.6 Å². The van der Waals surface area contributed by atoms with Gasteiger partial charge in [0.1, 0.15) is 5.75 Å². The Balaban J connectivity index is 1.70. The van der Waals surface area contributed by atoms with Crippen molar-refractivity contribution >= 4 is 29.3 Å². The van der Waals surface area contributed by atoms with Crippen molar-refractivity contribution in [2.75, 3.05) is 50.9 Å². The number of halogens is 1. The van der Waals surface area contributed by atoms with Crippen LogP contribution in [-0.2, 0) is 9.53 Å². The molecule has 0 saturated carbocycles. The molecule has 0 bridgehead atoms. The Morgan fingerprint density at radius 3 is 2.67 bits per heavy atom. The third-order valence-corrected chi connectivity index (χ3v) is 6.42. The molecule has 150 valence electrons. The van der Waals surface area contributed by atoms with Crippen molar-refractivity contribution in [3.63, 3.8) is 0 Å². The van der Waals surface area contributed by atoms with E-state index in [1.807, 2.05) is 30.5 Å². The second-order valence-electron chi connectivity index (χ2n) is 7.56. The van der Waals surface area contributed by atoms with E-state index < -0.39 is 5.60 Å². The Labute approximate surface area is 171 Å². The van der Waals surface area contributed by atoms with Crippen molar-refractivity contribution in [3.05, 3.63) is 29.3 Å². The molecule has 2 aliphatic heterocycles. The SMILES string of the molecule is CC(C)(Oc1ccc(Cl)cc1)C(=O)N1CCCSCC1CN1CCOCC1. The lowest BCUT2D eigenvalue weighted by Crippen LogP contribution is -2.56. The molecule has 0 aliphatic carbocycles. The Kier molecular flexibility index (Phi) is 7.31. The number of thioether (sulfide) groups is 1. The molecule has 3 rings (SSSR count). The van der Waals surface area contributed by atoms with Crippen molar-refractivity contribution in [1.82, 2.24) is 9.80 Å². The summed E-state index contributed by atoms with van der Waals surface area (Å²) in [6.07, 6.45) is 1.02. The number of carbonyl (C=O) groups excluding carboxylic acids is 1. The Morgan fingerprint density at radius 1 is 1.26 bits per heavy atom. The molecule has 2 saturated heterocycles. The van der Waals surface area contributed by atoms with Crippen LogP contribution in [0.5, 0.6) is 5.75 Å². The summed E-state index contributed by atoms with van der Waals surface area (Å²) in [5.41, 5.74) is -0.925. The molecule has 2 heterocycles. The van der Waals surface area contributed by atoms with E-state index in [0.29, 0.717) is 10.8 Å². The normalized spacial score (nSPS) is 22.3. The molecule has 1 amide bonds. The molecule has 0 aromatic heterocycles. The third kappa shape index (κ3) is 5.76. The Hall–Kier alpha value is -0.950. The highest BCUT2D eigenvalue weighted by atomic mass is 35.5. The van der Waals surface area contributed by atoms with Gasteiger partial charge in [0, 0.05) is 37.0 Å². The van der Waals surface area contributed by atoms with Crippen LogP contribution in [0.4, 0.5) is 0 Å². The molecule has 27 heavy (non-hydrogen) atoms. The van der Waals surface area contributed by atoms with E-state index in [-0.39, 0.29) is 11.9 Å². The molecule has 1 aromatic carbocycles. The molecule has 1 unspecified atom stereocenters. The number of hydrogen-bond donors (Lipinski definition) is 0. The molecular formula is C20H29ClN2O3S. The Morgan fingerprint density at radius 2 is 1.96 bits per heavy atom. The second kappa shape index (κ2) is 9.50. The van der Waals surface area contributed by atoms with Gasteiger partial charge in [-0.25, -0.2) is 0 Å². The lowest BCUT2D eigenvalue weighted by Gasteiger charge is -2.39. The molecule has 0 N–H and O–H groups in total. The lowest BCUT2D eigenvalue weighted by molar-refractivity contribution is -0.148. The lowest BCUT2D eigenvalue weighted by atomic mass is 10.1. The van der Waals surface area contributed by atoms with Crippen LogP contribution in [-0.4, -0.2) is 78.2 Å². The van der Waals surface area contributed by atoms with E-state index in [0.717, 1.165) is 57.3 Å². The fourth-order valence-electron chi connectivity index (χ4n) is 3.52. The first-order valence-corrected chi connectivity index (χ1v) is 11.1. The van der Waals surface area contributed by atoms with Gasteiger partial charge in [0.05, 0.1) is 19.3 Å². The van der Waals surface area contributed by atoms with Crippen LogP contribution in [0.1, 0.15) is 20.3 Å². The van der Waals surface area contributed by atoms with E-state index in [1.165, 1.54) is 0 Å². The van der Waals surface area contributed by atoms with Crippen LogP contribution in [0.15, 0.2) is 24.3 Å². The highest BCUT2D eigenvalue weighted by Crippen LogP contribution is 2.26. The molecule has 1 atom stereocenters. The van der Waals surface area contributed by atoms with Crippen LogP contribution in [0, 0.1) is 0 Å². The summed E-state index contributed by atoms with van der Waals surface area (Å²) in [5.74, 6) is 2.78. The van der Waals surface area contributed by atoms with Gasteiger partial charge in [0.15, 0.2) is 5.60 Å². The summed E-state index contributed by atoms with van der Waals surface area (Å²) in [6, 6.07) is 7.38. The molecule has 1 aromatic rings. The maximum atomic E-state index is 13.4. The number of rotatable bonds is 5. The van der Waals surface area contributed by atoms with Crippen molar-refractivity contribution in [2.24, 2.45) is 0 Å². The summed E-state index contributed by atoms with van der Waals surface area (Å²) in [5, 5.41) is 0.654. The molecule has 2 fully saturated rings. The summed E-state index contributed by atoms with van der Waals surface area (Å²) in [7, 11) is 0. The molecule has 2 aliphatic rings. The zero-order valence-corrected chi connectivity index (χ0v) is 17.7. The van der Waals surface area contributed by atoms with Gasteiger partial charge >= 0.3 is 0 Å². The van der Waals surface area contributed by atoms with Crippen molar-refractivity contribution in [2.45, 2.75) is 31.9 Å². The highest BCUT2D eigenvalue weighted by molar-refractivity contribution is 7.99. The second-order valence-corrected chi connectivity index (χ2v) is 9.15. The van der Waals surface area contributed by atoms with Crippen LogP contribution in [0.25, 0.3) is 0 Å². The van der Waals surface area contributed by atoms with Crippen LogP contribution in [0.3, 0.4) is 0 Å². The minimum Gasteiger partial charge on any atom is -0.478 e. The number of nitrogens with zero attached hydrogens (tertiary/aromatic N) is 2.